The standard InChI is InChI=1S/C12H22N2O/c1-2-11(13)12(15)14-7-10(8-3-4-8)9-5-6-9/h8-11H,2-7,13H2,1H3,(H,14,15)/t11-/m0/s1. The van der Waals surface area contributed by atoms with Crippen LogP contribution in [0.3, 0.4) is 0 Å². The summed E-state index contributed by atoms with van der Waals surface area (Å²) in [7, 11) is 0. The van der Waals surface area contributed by atoms with Crippen molar-refractivity contribution in [3.63, 3.8) is 0 Å². The van der Waals surface area contributed by atoms with Gasteiger partial charge < -0.3 is 11.1 Å². The Bertz CT molecular complexity index is 222. The van der Waals surface area contributed by atoms with E-state index in [9.17, 15) is 4.79 Å². The Morgan fingerprint density at radius 2 is 1.87 bits per heavy atom. The molecule has 0 aromatic carbocycles. The number of nitrogens with two attached hydrogens (primary N) is 1. The fraction of sp³-hybridized carbons (Fsp3) is 0.917. The van der Waals surface area contributed by atoms with Gasteiger partial charge in [-0.25, -0.2) is 0 Å². The first kappa shape index (κ1) is 10.9. The normalized spacial score (nSPS) is 22.9. The monoisotopic (exact) mass is 210 g/mol. The first-order valence-corrected chi connectivity index (χ1v) is 6.25. The van der Waals surface area contributed by atoms with Crippen molar-refractivity contribution in [2.45, 2.75) is 45.1 Å². The molecule has 86 valence electrons. The lowest BCUT2D eigenvalue weighted by molar-refractivity contribution is -0.122. The van der Waals surface area contributed by atoms with Gasteiger partial charge in [-0.05, 0) is 49.9 Å². The van der Waals surface area contributed by atoms with Gasteiger partial charge in [0, 0.05) is 6.54 Å². The maximum Gasteiger partial charge on any atom is 0.236 e. The predicted molar refractivity (Wildman–Crippen MR) is 60.2 cm³/mol. The zero-order valence-corrected chi connectivity index (χ0v) is 9.54. The number of carbonyl (C=O) groups excluding carboxylic acids is 1. The van der Waals surface area contributed by atoms with Gasteiger partial charge >= 0.3 is 0 Å². The van der Waals surface area contributed by atoms with Crippen LogP contribution >= 0.6 is 0 Å². The Morgan fingerprint density at radius 1 is 1.33 bits per heavy atom. The van der Waals surface area contributed by atoms with Crippen molar-refractivity contribution in [1.82, 2.24) is 5.32 Å². The van der Waals surface area contributed by atoms with Crippen LogP contribution in [0.4, 0.5) is 0 Å². The van der Waals surface area contributed by atoms with Crippen LogP contribution in [0.1, 0.15) is 39.0 Å². The van der Waals surface area contributed by atoms with Crippen LogP contribution in [0, 0.1) is 17.8 Å². The molecule has 3 nitrogen and oxygen atoms in total. The van der Waals surface area contributed by atoms with Gasteiger partial charge in [-0.1, -0.05) is 6.92 Å². The second kappa shape index (κ2) is 4.52. The van der Waals surface area contributed by atoms with E-state index in [0.717, 1.165) is 30.7 Å². The molecule has 2 aliphatic rings. The highest BCUT2D eigenvalue weighted by atomic mass is 16.2. The highest BCUT2D eigenvalue weighted by Gasteiger charge is 2.41. The first-order chi connectivity index (χ1) is 7.22. The number of carbonyl (C=O) groups is 1. The van der Waals surface area contributed by atoms with Gasteiger partial charge in [0.25, 0.3) is 0 Å². The van der Waals surface area contributed by atoms with Crippen LogP contribution in [0.15, 0.2) is 0 Å². The molecule has 1 atom stereocenters. The molecule has 0 bridgehead atoms. The molecule has 0 aromatic rings. The quantitative estimate of drug-likeness (QED) is 0.694. The van der Waals surface area contributed by atoms with Crippen LogP contribution in [0.2, 0.25) is 0 Å². The van der Waals surface area contributed by atoms with E-state index < -0.39 is 0 Å². The Labute approximate surface area is 91.8 Å². The molecule has 0 unspecified atom stereocenters. The molecule has 0 aromatic heterocycles. The molecule has 3 heteroatoms. The Morgan fingerprint density at radius 3 is 2.27 bits per heavy atom. The molecule has 0 radical (unpaired) electrons. The first-order valence-electron chi connectivity index (χ1n) is 6.25. The van der Waals surface area contributed by atoms with E-state index in [0.29, 0.717) is 0 Å². The number of rotatable bonds is 6. The minimum absolute atomic E-state index is 0.0313. The molecular weight excluding hydrogens is 188 g/mol. The summed E-state index contributed by atoms with van der Waals surface area (Å²) in [6, 6.07) is -0.316. The Kier molecular flexibility index (Phi) is 3.29. The topological polar surface area (TPSA) is 55.1 Å². The Hall–Kier alpha value is -0.570. The van der Waals surface area contributed by atoms with Crippen molar-refractivity contribution in [2.24, 2.45) is 23.5 Å². The van der Waals surface area contributed by atoms with E-state index in [1.807, 2.05) is 6.92 Å². The highest BCUT2D eigenvalue weighted by Crippen LogP contribution is 2.48. The smallest absolute Gasteiger partial charge is 0.236 e. The third-order valence-electron chi connectivity index (χ3n) is 3.74. The van der Waals surface area contributed by atoms with E-state index in [4.69, 9.17) is 5.73 Å². The van der Waals surface area contributed by atoms with E-state index in [1.165, 1.54) is 25.7 Å². The second-order valence-electron chi connectivity index (χ2n) is 5.10. The molecular formula is C12H22N2O. The van der Waals surface area contributed by atoms with E-state index in [-0.39, 0.29) is 11.9 Å². The third-order valence-corrected chi connectivity index (χ3v) is 3.74. The molecule has 2 saturated carbocycles. The molecule has 0 spiro atoms. The van der Waals surface area contributed by atoms with Crippen molar-refractivity contribution < 1.29 is 4.79 Å². The highest BCUT2D eigenvalue weighted by molar-refractivity contribution is 5.81. The van der Waals surface area contributed by atoms with Crippen LogP contribution in [0.25, 0.3) is 0 Å². The third kappa shape index (κ3) is 2.94. The van der Waals surface area contributed by atoms with Gasteiger partial charge in [-0.15, -0.1) is 0 Å². The SMILES string of the molecule is CC[C@H](N)C(=O)NCC(C1CC1)C1CC1. The lowest BCUT2D eigenvalue weighted by Gasteiger charge is -2.17. The van der Waals surface area contributed by atoms with Gasteiger partial charge in [0.1, 0.15) is 0 Å². The molecule has 0 aliphatic heterocycles. The fourth-order valence-electron chi connectivity index (χ4n) is 2.30. The fourth-order valence-corrected chi connectivity index (χ4v) is 2.30. The minimum atomic E-state index is -0.316. The number of hydrogen-bond acceptors (Lipinski definition) is 2. The summed E-state index contributed by atoms with van der Waals surface area (Å²) < 4.78 is 0. The summed E-state index contributed by atoms with van der Waals surface area (Å²) >= 11 is 0. The molecule has 15 heavy (non-hydrogen) atoms. The average molecular weight is 210 g/mol. The van der Waals surface area contributed by atoms with Gasteiger partial charge in [0.15, 0.2) is 0 Å². The summed E-state index contributed by atoms with van der Waals surface area (Å²) in [6.07, 6.45) is 6.21. The van der Waals surface area contributed by atoms with Gasteiger partial charge in [-0.2, -0.15) is 0 Å². The second-order valence-corrected chi connectivity index (χ2v) is 5.10. The number of amides is 1. The maximum atomic E-state index is 11.5. The van der Waals surface area contributed by atoms with E-state index in [1.54, 1.807) is 0 Å². The van der Waals surface area contributed by atoms with Crippen LogP contribution in [-0.4, -0.2) is 18.5 Å². The molecule has 1 amide bonds. The summed E-state index contributed by atoms with van der Waals surface area (Å²) in [5, 5.41) is 3.01. The zero-order chi connectivity index (χ0) is 10.8. The number of hydrogen-bond donors (Lipinski definition) is 2. The number of nitrogens with one attached hydrogen (secondary N) is 1. The van der Waals surface area contributed by atoms with Crippen molar-refractivity contribution in [3.05, 3.63) is 0 Å². The van der Waals surface area contributed by atoms with Crippen LogP contribution in [-0.2, 0) is 4.79 Å². The molecule has 2 rings (SSSR count). The summed E-state index contributed by atoms with van der Waals surface area (Å²) in [5.74, 6) is 2.58. The van der Waals surface area contributed by atoms with Gasteiger partial charge in [0.05, 0.1) is 6.04 Å². The summed E-state index contributed by atoms with van der Waals surface area (Å²) in [4.78, 5) is 11.5. The van der Waals surface area contributed by atoms with Crippen molar-refractivity contribution >= 4 is 5.91 Å². The lowest BCUT2D eigenvalue weighted by Crippen LogP contribution is -2.42. The van der Waals surface area contributed by atoms with Crippen LogP contribution < -0.4 is 11.1 Å². The van der Waals surface area contributed by atoms with Crippen molar-refractivity contribution in [1.29, 1.82) is 0 Å². The van der Waals surface area contributed by atoms with E-state index >= 15 is 0 Å². The van der Waals surface area contributed by atoms with Gasteiger partial charge in [-0.3, -0.25) is 4.79 Å². The Balaban J connectivity index is 1.72. The average Bonchev–Trinajstić information content (AvgIpc) is 3.07. The zero-order valence-electron chi connectivity index (χ0n) is 9.54. The van der Waals surface area contributed by atoms with Gasteiger partial charge in [0.2, 0.25) is 5.91 Å². The molecule has 2 fully saturated rings. The molecule has 2 aliphatic carbocycles. The van der Waals surface area contributed by atoms with Crippen molar-refractivity contribution in [2.75, 3.05) is 6.54 Å². The minimum Gasteiger partial charge on any atom is -0.354 e. The molecule has 3 N–H and O–H groups in total. The predicted octanol–water partition coefficient (Wildman–Crippen LogP) is 1.28. The van der Waals surface area contributed by atoms with E-state index in [2.05, 4.69) is 5.32 Å². The van der Waals surface area contributed by atoms with Crippen molar-refractivity contribution in [3.8, 4) is 0 Å². The van der Waals surface area contributed by atoms with Crippen LogP contribution in [0.5, 0.6) is 0 Å². The molecule has 0 saturated heterocycles. The maximum absolute atomic E-state index is 11.5. The summed E-state index contributed by atoms with van der Waals surface area (Å²) in [6.45, 7) is 2.81. The lowest BCUT2D eigenvalue weighted by atomic mass is 9.98. The largest absolute Gasteiger partial charge is 0.354 e. The summed E-state index contributed by atoms with van der Waals surface area (Å²) in [5.41, 5.74) is 5.67. The molecule has 0 heterocycles.